The number of carboxylic acids is 1. The Balaban J connectivity index is 1.91. The third-order valence-electron chi connectivity index (χ3n) is 4.74. The van der Waals surface area contributed by atoms with Gasteiger partial charge in [-0.2, -0.15) is 0 Å². The molecule has 0 saturated carbocycles. The molecule has 4 nitrogen and oxygen atoms in total. The molecule has 0 radical (unpaired) electrons. The van der Waals surface area contributed by atoms with E-state index < -0.39 is 5.97 Å². The zero-order valence-electron chi connectivity index (χ0n) is 12.4. The summed E-state index contributed by atoms with van der Waals surface area (Å²) in [5, 5.41) is 19.1. The Morgan fingerprint density at radius 1 is 1.38 bits per heavy atom. The first kappa shape index (κ1) is 14.2. The van der Waals surface area contributed by atoms with E-state index in [0.29, 0.717) is 18.1 Å². The van der Waals surface area contributed by atoms with Crippen molar-refractivity contribution >= 4 is 5.97 Å². The van der Waals surface area contributed by atoms with Gasteiger partial charge in [-0.25, -0.2) is 0 Å². The lowest BCUT2D eigenvalue weighted by molar-refractivity contribution is -0.137. The second-order valence-electron chi connectivity index (χ2n) is 6.28. The minimum Gasteiger partial charge on any atom is -0.508 e. The van der Waals surface area contributed by atoms with Crippen LogP contribution in [-0.2, 0) is 17.6 Å². The average Bonchev–Trinajstić information content (AvgIpc) is 2.45. The molecule has 21 heavy (non-hydrogen) atoms. The summed E-state index contributed by atoms with van der Waals surface area (Å²) >= 11 is 0. The largest absolute Gasteiger partial charge is 0.508 e. The van der Waals surface area contributed by atoms with E-state index in [0.717, 1.165) is 54.5 Å². The molecule has 0 spiro atoms. The smallest absolute Gasteiger partial charge is 0.303 e. The third kappa shape index (κ3) is 2.71. The maximum absolute atomic E-state index is 10.7. The summed E-state index contributed by atoms with van der Waals surface area (Å²) < 4.78 is 6.13. The predicted molar refractivity (Wildman–Crippen MR) is 79.1 cm³/mol. The van der Waals surface area contributed by atoms with Gasteiger partial charge in [-0.1, -0.05) is 6.92 Å². The van der Waals surface area contributed by atoms with E-state index in [9.17, 15) is 9.90 Å². The highest BCUT2D eigenvalue weighted by molar-refractivity contribution is 5.66. The molecule has 1 aromatic carbocycles. The molecule has 4 heteroatoms. The van der Waals surface area contributed by atoms with Crippen molar-refractivity contribution in [2.75, 3.05) is 0 Å². The van der Waals surface area contributed by atoms with Crippen molar-refractivity contribution in [1.82, 2.24) is 0 Å². The minimum absolute atomic E-state index is 0.0173. The molecule has 1 aliphatic heterocycles. The van der Waals surface area contributed by atoms with E-state index >= 15 is 0 Å². The monoisotopic (exact) mass is 290 g/mol. The van der Waals surface area contributed by atoms with E-state index in [1.807, 2.05) is 6.07 Å². The third-order valence-corrected chi connectivity index (χ3v) is 4.74. The van der Waals surface area contributed by atoms with Crippen LogP contribution < -0.4 is 4.74 Å². The average molecular weight is 290 g/mol. The maximum atomic E-state index is 10.7. The van der Waals surface area contributed by atoms with Crippen LogP contribution in [0.1, 0.15) is 61.6 Å². The molecule has 1 aliphatic carbocycles. The molecule has 0 aromatic heterocycles. The molecule has 1 heterocycles. The molecule has 1 unspecified atom stereocenters. The molecule has 0 saturated heterocycles. The molecular formula is C17H22O4. The Morgan fingerprint density at radius 3 is 2.95 bits per heavy atom. The number of hydrogen-bond acceptors (Lipinski definition) is 3. The van der Waals surface area contributed by atoms with Crippen LogP contribution in [0, 0.1) is 0 Å². The number of phenolic OH excluding ortho intramolecular Hbond substituents is 1. The Bertz CT molecular complexity index is 564. The summed E-state index contributed by atoms with van der Waals surface area (Å²) in [4.78, 5) is 10.7. The zero-order chi connectivity index (χ0) is 15.0. The molecule has 1 aromatic rings. The van der Waals surface area contributed by atoms with Gasteiger partial charge in [0.15, 0.2) is 0 Å². The topological polar surface area (TPSA) is 66.8 Å². The second kappa shape index (κ2) is 5.58. The fraction of sp³-hybridized carbons (Fsp3) is 0.588. The highest BCUT2D eigenvalue weighted by Gasteiger charge is 2.30. The van der Waals surface area contributed by atoms with Crippen molar-refractivity contribution in [3.63, 3.8) is 0 Å². The molecule has 114 valence electrons. The molecule has 3 rings (SSSR count). The second-order valence-corrected chi connectivity index (χ2v) is 6.28. The molecule has 0 fully saturated rings. The quantitative estimate of drug-likeness (QED) is 0.895. The first-order valence-electron chi connectivity index (χ1n) is 7.82. The van der Waals surface area contributed by atoms with Crippen molar-refractivity contribution < 1.29 is 19.7 Å². The molecule has 2 atom stereocenters. The zero-order valence-corrected chi connectivity index (χ0v) is 12.4. The number of rotatable bonds is 3. The van der Waals surface area contributed by atoms with Gasteiger partial charge in [-0.05, 0) is 56.1 Å². The highest BCUT2D eigenvalue weighted by atomic mass is 16.5. The minimum atomic E-state index is -0.773. The summed E-state index contributed by atoms with van der Waals surface area (Å²) in [6.07, 6.45) is 5.49. The van der Waals surface area contributed by atoms with E-state index in [-0.39, 0.29) is 12.5 Å². The number of fused-ring (bicyclic) bond motifs is 3. The van der Waals surface area contributed by atoms with E-state index in [4.69, 9.17) is 9.84 Å². The van der Waals surface area contributed by atoms with Crippen molar-refractivity contribution in [2.45, 2.75) is 63.9 Å². The van der Waals surface area contributed by atoms with Crippen LogP contribution in [0.4, 0.5) is 0 Å². The lowest BCUT2D eigenvalue weighted by atomic mass is 9.80. The van der Waals surface area contributed by atoms with Gasteiger partial charge in [-0.15, -0.1) is 0 Å². The van der Waals surface area contributed by atoms with Gasteiger partial charge in [0.2, 0.25) is 0 Å². The Labute approximate surface area is 124 Å². The van der Waals surface area contributed by atoms with Crippen LogP contribution in [0.5, 0.6) is 11.5 Å². The lowest BCUT2D eigenvalue weighted by Crippen LogP contribution is -2.26. The fourth-order valence-corrected chi connectivity index (χ4v) is 3.63. The number of carbonyl (C=O) groups is 1. The van der Waals surface area contributed by atoms with Gasteiger partial charge in [0.25, 0.3) is 0 Å². The lowest BCUT2D eigenvalue weighted by Gasteiger charge is -2.33. The number of benzene rings is 1. The van der Waals surface area contributed by atoms with Crippen molar-refractivity contribution in [3.05, 3.63) is 22.8 Å². The highest BCUT2D eigenvalue weighted by Crippen LogP contribution is 2.46. The molecule has 2 N–H and O–H groups in total. The van der Waals surface area contributed by atoms with E-state index in [1.165, 1.54) is 0 Å². The number of aliphatic carboxylic acids is 1. The van der Waals surface area contributed by atoms with E-state index in [2.05, 4.69) is 6.92 Å². The SMILES string of the molecule is C[C@@H]1CCCc2c(O)cc3c(c21)OC(CCC(=O)O)CC3. The van der Waals surface area contributed by atoms with Gasteiger partial charge in [0.05, 0.1) is 6.10 Å². The van der Waals surface area contributed by atoms with Crippen LogP contribution in [0.2, 0.25) is 0 Å². The van der Waals surface area contributed by atoms with Gasteiger partial charge in [-0.3, -0.25) is 4.79 Å². The first-order valence-corrected chi connectivity index (χ1v) is 7.82. The van der Waals surface area contributed by atoms with Crippen LogP contribution in [0.3, 0.4) is 0 Å². The summed E-state index contributed by atoms with van der Waals surface area (Å²) in [6, 6.07) is 1.85. The molecular weight excluding hydrogens is 268 g/mol. The predicted octanol–water partition coefficient (Wildman–Crippen LogP) is 3.39. The van der Waals surface area contributed by atoms with Crippen LogP contribution in [-0.4, -0.2) is 22.3 Å². The number of aromatic hydroxyl groups is 1. The Morgan fingerprint density at radius 2 is 2.19 bits per heavy atom. The standard InChI is InChI=1S/C17H22O4/c1-10-3-2-4-13-14(18)9-11-5-6-12(7-8-15(19)20)21-17(11)16(10)13/h9-10,12,18H,2-8H2,1H3,(H,19,20)/t10-,12?/m1/s1. The van der Waals surface area contributed by atoms with Crippen LogP contribution >= 0.6 is 0 Å². The normalized spacial score (nSPS) is 23.9. The number of phenols is 1. The maximum Gasteiger partial charge on any atom is 0.303 e. The molecule has 2 aliphatic rings. The van der Waals surface area contributed by atoms with Crippen molar-refractivity contribution in [2.24, 2.45) is 0 Å². The van der Waals surface area contributed by atoms with E-state index in [1.54, 1.807) is 0 Å². The summed E-state index contributed by atoms with van der Waals surface area (Å²) in [5.74, 6) is 0.956. The van der Waals surface area contributed by atoms with Gasteiger partial charge in [0, 0.05) is 17.5 Å². The van der Waals surface area contributed by atoms with Gasteiger partial charge >= 0.3 is 5.97 Å². The van der Waals surface area contributed by atoms with Gasteiger partial charge in [0.1, 0.15) is 11.5 Å². The first-order chi connectivity index (χ1) is 10.1. The fourth-order valence-electron chi connectivity index (χ4n) is 3.63. The Hall–Kier alpha value is -1.71. The summed E-state index contributed by atoms with van der Waals surface area (Å²) in [6.45, 7) is 2.18. The summed E-state index contributed by atoms with van der Waals surface area (Å²) in [7, 11) is 0. The number of aryl methyl sites for hydroxylation is 1. The van der Waals surface area contributed by atoms with Crippen molar-refractivity contribution in [3.8, 4) is 11.5 Å². The number of carboxylic acid groups (broad SMARTS) is 1. The molecule has 0 bridgehead atoms. The van der Waals surface area contributed by atoms with Crippen molar-refractivity contribution in [1.29, 1.82) is 0 Å². The van der Waals surface area contributed by atoms with Crippen LogP contribution in [0.25, 0.3) is 0 Å². The van der Waals surface area contributed by atoms with Crippen LogP contribution in [0.15, 0.2) is 6.07 Å². The number of hydrogen-bond donors (Lipinski definition) is 2. The Kier molecular flexibility index (Phi) is 3.79. The number of ether oxygens (including phenoxy) is 1. The van der Waals surface area contributed by atoms with Gasteiger partial charge < -0.3 is 14.9 Å². The summed E-state index contributed by atoms with van der Waals surface area (Å²) in [5.41, 5.74) is 3.27. The molecule has 0 amide bonds.